The number of hydrogen-bond acceptors (Lipinski definition) is 2. The zero-order valence-electron chi connectivity index (χ0n) is 9.59. The highest BCUT2D eigenvalue weighted by atomic mass is 16.3. The lowest BCUT2D eigenvalue weighted by atomic mass is 10.1. The van der Waals surface area contributed by atoms with Gasteiger partial charge in [0.25, 0.3) is 0 Å². The van der Waals surface area contributed by atoms with Gasteiger partial charge in [0.15, 0.2) is 0 Å². The molecule has 2 N–H and O–H groups in total. The normalized spacial score (nSPS) is 9.94. The Kier molecular flexibility index (Phi) is 3.15. The average molecular weight is 226 g/mol. The lowest BCUT2D eigenvalue weighted by Crippen LogP contribution is -1.75. The molecular formula is C15H14O2. The van der Waals surface area contributed by atoms with Crippen LogP contribution in [0, 0.1) is 6.92 Å². The third-order valence-electron chi connectivity index (χ3n) is 2.65. The van der Waals surface area contributed by atoms with Crippen molar-refractivity contribution in [1.29, 1.82) is 0 Å². The molecule has 0 fully saturated rings. The fourth-order valence-corrected chi connectivity index (χ4v) is 1.70. The van der Waals surface area contributed by atoms with E-state index >= 15 is 0 Å². The summed E-state index contributed by atoms with van der Waals surface area (Å²) >= 11 is 0. The Morgan fingerprint density at radius 3 is 2.06 bits per heavy atom. The van der Waals surface area contributed by atoms with Gasteiger partial charge in [0.1, 0.15) is 11.5 Å². The molecule has 2 aromatic carbocycles. The third-order valence-corrected chi connectivity index (χ3v) is 2.65. The van der Waals surface area contributed by atoms with Gasteiger partial charge >= 0.3 is 0 Å². The smallest absolute Gasteiger partial charge is 0.126 e. The summed E-state index contributed by atoms with van der Waals surface area (Å²) in [5.74, 6) is 0.332. The van der Waals surface area contributed by atoms with Crippen molar-refractivity contribution < 1.29 is 10.2 Å². The minimum absolute atomic E-state index is 0.145. The molecule has 0 unspecified atom stereocenters. The van der Waals surface area contributed by atoms with Crippen LogP contribution in [-0.2, 0) is 0 Å². The molecular weight excluding hydrogens is 212 g/mol. The largest absolute Gasteiger partial charge is 0.507 e. The molecule has 0 aromatic heterocycles. The number of aryl methyl sites for hydroxylation is 1. The van der Waals surface area contributed by atoms with Gasteiger partial charge < -0.3 is 10.2 Å². The van der Waals surface area contributed by atoms with E-state index in [1.165, 1.54) is 0 Å². The van der Waals surface area contributed by atoms with Crippen molar-refractivity contribution in [2.75, 3.05) is 0 Å². The highest BCUT2D eigenvalue weighted by Gasteiger charge is 2.01. The molecule has 2 rings (SSSR count). The van der Waals surface area contributed by atoms with E-state index in [-0.39, 0.29) is 11.5 Å². The van der Waals surface area contributed by atoms with E-state index in [0.717, 1.165) is 5.56 Å². The van der Waals surface area contributed by atoms with Gasteiger partial charge in [0.2, 0.25) is 0 Å². The lowest BCUT2D eigenvalue weighted by Gasteiger charge is -2.01. The fraction of sp³-hybridized carbons (Fsp3) is 0.0667. The second kappa shape index (κ2) is 4.74. The van der Waals surface area contributed by atoms with Gasteiger partial charge in [0, 0.05) is 10.8 Å². The minimum Gasteiger partial charge on any atom is -0.507 e. The molecule has 2 aromatic rings. The Bertz CT molecular complexity index is 602. The highest BCUT2D eigenvalue weighted by molar-refractivity contribution is 5.91. The Hall–Kier alpha value is -2.22. The third kappa shape index (κ3) is 2.31. The maximum atomic E-state index is 10.1. The first-order valence-corrected chi connectivity index (χ1v) is 5.44. The Morgan fingerprint density at radius 2 is 1.29 bits per heavy atom. The number of hydrogen-bond donors (Lipinski definition) is 2. The summed E-state index contributed by atoms with van der Waals surface area (Å²) in [6.07, 6.45) is 0. The summed E-state index contributed by atoms with van der Waals surface area (Å²) in [5, 5.41) is 21.3. The minimum atomic E-state index is 0.145. The van der Waals surface area contributed by atoms with Crippen molar-refractivity contribution in [2.45, 2.75) is 6.92 Å². The highest BCUT2D eigenvalue weighted by Crippen LogP contribution is 2.29. The summed E-state index contributed by atoms with van der Waals surface area (Å²) in [7, 11) is 0. The molecule has 86 valence electrons. The second-order valence-corrected chi connectivity index (χ2v) is 3.87. The van der Waals surface area contributed by atoms with E-state index in [0.29, 0.717) is 10.8 Å². The molecule has 17 heavy (non-hydrogen) atoms. The zero-order valence-corrected chi connectivity index (χ0v) is 9.59. The Morgan fingerprint density at radius 1 is 0.706 bits per heavy atom. The molecule has 0 bridgehead atoms. The fourth-order valence-electron chi connectivity index (χ4n) is 1.70. The van der Waals surface area contributed by atoms with E-state index in [9.17, 15) is 10.2 Å². The SMILES string of the molecule is Cc1cccccc(O)c2ccccc2c1O. The van der Waals surface area contributed by atoms with Crippen LogP contribution in [0.1, 0.15) is 5.56 Å². The number of benzene rings is 1. The monoisotopic (exact) mass is 226 g/mol. The van der Waals surface area contributed by atoms with Crippen molar-refractivity contribution in [1.82, 2.24) is 0 Å². The van der Waals surface area contributed by atoms with Crippen LogP contribution in [0.5, 0.6) is 11.5 Å². The van der Waals surface area contributed by atoms with Crippen molar-refractivity contribution in [3.63, 3.8) is 0 Å². The predicted octanol–water partition coefficient (Wildman–Crippen LogP) is 3.68. The van der Waals surface area contributed by atoms with E-state index < -0.39 is 0 Å². The molecule has 2 nitrogen and oxygen atoms in total. The molecule has 0 aliphatic carbocycles. The molecule has 0 heterocycles. The van der Waals surface area contributed by atoms with Gasteiger partial charge in [-0.1, -0.05) is 48.5 Å². The van der Waals surface area contributed by atoms with E-state index in [4.69, 9.17) is 0 Å². The number of fused-ring (bicyclic) bond motifs is 1. The maximum absolute atomic E-state index is 10.1. The molecule has 0 aliphatic heterocycles. The molecule has 0 saturated carbocycles. The summed E-state index contributed by atoms with van der Waals surface area (Å²) in [6.45, 7) is 1.83. The van der Waals surface area contributed by atoms with Gasteiger partial charge in [-0.25, -0.2) is 0 Å². The summed E-state index contributed by atoms with van der Waals surface area (Å²) < 4.78 is 0. The summed E-state index contributed by atoms with van der Waals surface area (Å²) in [5.41, 5.74) is 0.761. The van der Waals surface area contributed by atoms with E-state index in [2.05, 4.69) is 0 Å². The van der Waals surface area contributed by atoms with Gasteiger partial charge in [-0.15, -0.1) is 0 Å². The van der Waals surface area contributed by atoms with Crippen molar-refractivity contribution in [2.24, 2.45) is 0 Å². The molecule has 0 atom stereocenters. The topological polar surface area (TPSA) is 40.5 Å². The zero-order chi connectivity index (χ0) is 12.3. The lowest BCUT2D eigenvalue weighted by molar-refractivity contribution is 0.474. The van der Waals surface area contributed by atoms with Gasteiger partial charge in [-0.3, -0.25) is 0 Å². The second-order valence-electron chi connectivity index (χ2n) is 3.87. The van der Waals surface area contributed by atoms with Crippen LogP contribution in [0.25, 0.3) is 10.8 Å². The van der Waals surface area contributed by atoms with Crippen LogP contribution in [0.4, 0.5) is 0 Å². The molecule has 0 amide bonds. The summed E-state index contributed by atoms with van der Waals surface area (Å²) in [4.78, 5) is 0. The standard InChI is InChI=1S/C15H14O2/c1-11-7-3-2-4-10-14(16)12-8-5-6-9-13(12)15(11)17/h2-10,16-17H,1H3. The van der Waals surface area contributed by atoms with E-state index in [1.54, 1.807) is 30.3 Å². The van der Waals surface area contributed by atoms with Crippen molar-refractivity contribution in [3.8, 4) is 11.5 Å². The van der Waals surface area contributed by atoms with Gasteiger partial charge in [-0.2, -0.15) is 0 Å². The quantitative estimate of drug-likeness (QED) is 0.719. The molecule has 0 saturated heterocycles. The molecule has 0 aliphatic rings. The van der Waals surface area contributed by atoms with Crippen molar-refractivity contribution in [3.05, 3.63) is 60.2 Å². The van der Waals surface area contributed by atoms with Gasteiger partial charge in [0.05, 0.1) is 0 Å². The number of aromatic hydroxyl groups is 2. The molecule has 0 spiro atoms. The van der Waals surface area contributed by atoms with Crippen LogP contribution < -0.4 is 0 Å². The Labute approximate surface area is 100 Å². The predicted molar refractivity (Wildman–Crippen MR) is 69.6 cm³/mol. The van der Waals surface area contributed by atoms with Gasteiger partial charge in [-0.05, 0) is 18.6 Å². The average Bonchev–Trinajstić information content (AvgIpc) is 2.36. The molecule has 0 radical (unpaired) electrons. The summed E-state index contributed by atoms with van der Waals surface area (Å²) in [6, 6.07) is 16.1. The first-order valence-electron chi connectivity index (χ1n) is 5.44. The van der Waals surface area contributed by atoms with Crippen LogP contribution in [0.15, 0.2) is 54.6 Å². The first-order chi connectivity index (χ1) is 8.20. The maximum Gasteiger partial charge on any atom is 0.126 e. The number of rotatable bonds is 0. The van der Waals surface area contributed by atoms with Crippen LogP contribution >= 0.6 is 0 Å². The molecule has 2 heteroatoms. The Balaban J connectivity index is 3.01. The van der Waals surface area contributed by atoms with E-state index in [1.807, 2.05) is 31.2 Å². The van der Waals surface area contributed by atoms with Crippen LogP contribution in [-0.4, -0.2) is 10.2 Å². The van der Waals surface area contributed by atoms with Crippen molar-refractivity contribution >= 4 is 10.8 Å². The van der Waals surface area contributed by atoms with Crippen LogP contribution in [0.3, 0.4) is 0 Å². The van der Waals surface area contributed by atoms with Crippen LogP contribution in [0.2, 0.25) is 0 Å². The first kappa shape index (κ1) is 11.3.